The van der Waals surface area contributed by atoms with E-state index in [1.54, 1.807) is 49.4 Å². The fourth-order valence-corrected chi connectivity index (χ4v) is 4.06. The number of carbonyl (C=O) groups excluding carboxylic acids is 1. The molecule has 9 heteroatoms. The van der Waals surface area contributed by atoms with Crippen LogP contribution in [-0.4, -0.2) is 53.6 Å². The SMILES string of the molecule is CCN(Cc1nc2ccccc2c(=O)[nH]1)C(=O)CN(C)S(=O)(=O)c1ccccc1. The number of hydrogen-bond acceptors (Lipinski definition) is 5. The zero-order chi connectivity index (χ0) is 21.0. The molecule has 1 amide bonds. The van der Waals surface area contributed by atoms with Crippen molar-refractivity contribution in [3.63, 3.8) is 0 Å². The van der Waals surface area contributed by atoms with E-state index in [1.807, 2.05) is 0 Å². The molecule has 8 nitrogen and oxygen atoms in total. The third-order valence-corrected chi connectivity index (χ3v) is 6.36. The van der Waals surface area contributed by atoms with Gasteiger partial charge in [0.1, 0.15) is 5.82 Å². The van der Waals surface area contributed by atoms with Crippen molar-refractivity contribution in [3.8, 4) is 0 Å². The van der Waals surface area contributed by atoms with Crippen LogP contribution in [0.2, 0.25) is 0 Å². The normalized spacial score (nSPS) is 11.7. The first kappa shape index (κ1) is 20.7. The van der Waals surface area contributed by atoms with Crippen molar-refractivity contribution in [3.05, 3.63) is 70.8 Å². The summed E-state index contributed by atoms with van der Waals surface area (Å²) < 4.78 is 26.3. The van der Waals surface area contributed by atoms with Crippen LogP contribution in [0.1, 0.15) is 12.7 Å². The van der Waals surface area contributed by atoms with Crippen molar-refractivity contribution >= 4 is 26.8 Å². The molecular weight excluding hydrogens is 392 g/mol. The summed E-state index contributed by atoms with van der Waals surface area (Å²) in [4.78, 5) is 33.6. The molecular formula is C20H22N4O4S. The smallest absolute Gasteiger partial charge is 0.258 e. The molecule has 1 heterocycles. The number of fused-ring (bicyclic) bond motifs is 1. The van der Waals surface area contributed by atoms with E-state index in [1.165, 1.54) is 24.1 Å². The zero-order valence-electron chi connectivity index (χ0n) is 16.2. The van der Waals surface area contributed by atoms with E-state index in [2.05, 4.69) is 9.97 Å². The summed E-state index contributed by atoms with van der Waals surface area (Å²) in [6.45, 7) is 1.88. The number of aromatic nitrogens is 2. The summed E-state index contributed by atoms with van der Waals surface area (Å²) >= 11 is 0. The maximum atomic E-state index is 12.7. The molecule has 152 valence electrons. The lowest BCUT2D eigenvalue weighted by Gasteiger charge is -2.24. The highest BCUT2D eigenvalue weighted by molar-refractivity contribution is 7.89. The van der Waals surface area contributed by atoms with Gasteiger partial charge < -0.3 is 9.88 Å². The van der Waals surface area contributed by atoms with Gasteiger partial charge in [-0.2, -0.15) is 4.31 Å². The van der Waals surface area contributed by atoms with Crippen LogP contribution in [0.15, 0.2) is 64.3 Å². The molecule has 0 unspecified atom stereocenters. The number of sulfonamides is 1. The average Bonchev–Trinajstić information content (AvgIpc) is 2.72. The molecule has 3 rings (SSSR count). The number of benzene rings is 2. The van der Waals surface area contributed by atoms with Gasteiger partial charge in [0.2, 0.25) is 15.9 Å². The number of aromatic amines is 1. The van der Waals surface area contributed by atoms with E-state index in [4.69, 9.17) is 0 Å². The predicted molar refractivity (Wildman–Crippen MR) is 110 cm³/mol. The quantitative estimate of drug-likeness (QED) is 0.632. The molecule has 0 aliphatic rings. The third kappa shape index (κ3) is 4.52. The topological polar surface area (TPSA) is 103 Å². The first-order chi connectivity index (χ1) is 13.8. The van der Waals surface area contributed by atoms with Crippen molar-refractivity contribution in [1.82, 2.24) is 19.2 Å². The van der Waals surface area contributed by atoms with Gasteiger partial charge in [-0.25, -0.2) is 13.4 Å². The van der Waals surface area contributed by atoms with Crippen molar-refractivity contribution < 1.29 is 13.2 Å². The lowest BCUT2D eigenvalue weighted by atomic mass is 10.2. The Labute approximate surface area is 168 Å². The van der Waals surface area contributed by atoms with Gasteiger partial charge in [-0.3, -0.25) is 9.59 Å². The molecule has 0 fully saturated rings. The highest BCUT2D eigenvalue weighted by Crippen LogP contribution is 2.14. The molecule has 0 bridgehead atoms. The second-order valence-corrected chi connectivity index (χ2v) is 8.56. The Morgan fingerprint density at radius 2 is 1.72 bits per heavy atom. The Balaban J connectivity index is 1.76. The number of H-pyrrole nitrogens is 1. The Morgan fingerprint density at radius 3 is 2.41 bits per heavy atom. The molecule has 1 aromatic heterocycles. The van der Waals surface area contributed by atoms with Crippen molar-refractivity contribution in [2.45, 2.75) is 18.4 Å². The molecule has 0 spiro atoms. The Morgan fingerprint density at radius 1 is 1.07 bits per heavy atom. The molecule has 0 saturated heterocycles. The number of amides is 1. The summed E-state index contributed by atoms with van der Waals surface area (Å²) in [5, 5.41) is 0.472. The van der Waals surface area contributed by atoms with E-state index in [0.717, 1.165) is 4.31 Å². The second kappa shape index (κ2) is 8.54. The average molecular weight is 414 g/mol. The monoisotopic (exact) mass is 414 g/mol. The van der Waals surface area contributed by atoms with Gasteiger partial charge in [0.05, 0.1) is 28.9 Å². The summed E-state index contributed by atoms with van der Waals surface area (Å²) in [7, 11) is -2.41. The summed E-state index contributed by atoms with van der Waals surface area (Å²) in [5.74, 6) is -0.0391. The van der Waals surface area contributed by atoms with Gasteiger partial charge in [-0.05, 0) is 31.2 Å². The van der Waals surface area contributed by atoms with Crippen LogP contribution in [0.5, 0.6) is 0 Å². The maximum Gasteiger partial charge on any atom is 0.258 e. The van der Waals surface area contributed by atoms with E-state index < -0.39 is 10.0 Å². The minimum absolute atomic E-state index is 0.0780. The van der Waals surface area contributed by atoms with Gasteiger partial charge in [0, 0.05) is 13.6 Å². The van der Waals surface area contributed by atoms with Crippen LogP contribution < -0.4 is 5.56 Å². The number of rotatable bonds is 7. The molecule has 0 aliphatic carbocycles. The molecule has 0 radical (unpaired) electrons. The molecule has 3 aromatic rings. The van der Waals surface area contributed by atoms with Crippen LogP contribution in [0.25, 0.3) is 10.9 Å². The van der Waals surface area contributed by atoms with Crippen LogP contribution in [-0.2, 0) is 21.4 Å². The standard InChI is InChI=1S/C20H22N4O4S/c1-3-24(13-18-21-17-12-8-7-11-16(17)20(26)22-18)19(25)14-23(2)29(27,28)15-9-5-4-6-10-15/h4-12H,3,13-14H2,1-2H3,(H,21,22,26). The van der Waals surface area contributed by atoms with Crippen LogP contribution in [0.4, 0.5) is 0 Å². The number of nitrogens with one attached hydrogen (secondary N) is 1. The lowest BCUT2D eigenvalue weighted by Crippen LogP contribution is -2.41. The van der Waals surface area contributed by atoms with Crippen molar-refractivity contribution in [2.75, 3.05) is 20.1 Å². The van der Waals surface area contributed by atoms with E-state index in [9.17, 15) is 18.0 Å². The zero-order valence-corrected chi connectivity index (χ0v) is 17.0. The summed E-state index contributed by atoms with van der Waals surface area (Å²) in [5.41, 5.74) is 0.261. The van der Waals surface area contributed by atoms with Crippen molar-refractivity contribution in [1.29, 1.82) is 0 Å². The van der Waals surface area contributed by atoms with Gasteiger partial charge in [-0.15, -0.1) is 0 Å². The van der Waals surface area contributed by atoms with Gasteiger partial charge in [-0.1, -0.05) is 30.3 Å². The Hall–Kier alpha value is -3.04. The number of nitrogens with zero attached hydrogens (tertiary/aromatic N) is 3. The van der Waals surface area contributed by atoms with Crippen LogP contribution in [0.3, 0.4) is 0 Å². The molecule has 0 aliphatic heterocycles. The third-order valence-electron chi connectivity index (χ3n) is 4.55. The fourth-order valence-electron chi connectivity index (χ4n) is 2.91. The summed E-state index contributed by atoms with van der Waals surface area (Å²) in [6.07, 6.45) is 0. The van der Waals surface area contributed by atoms with Crippen LogP contribution >= 0.6 is 0 Å². The number of para-hydroxylation sites is 1. The molecule has 29 heavy (non-hydrogen) atoms. The van der Waals surface area contributed by atoms with Gasteiger partial charge >= 0.3 is 0 Å². The molecule has 0 saturated carbocycles. The minimum atomic E-state index is -3.77. The highest BCUT2D eigenvalue weighted by atomic mass is 32.2. The Bertz CT molecular complexity index is 1180. The number of carbonyl (C=O) groups is 1. The summed E-state index contributed by atoms with van der Waals surface area (Å²) in [6, 6.07) is 14.9. The predicted octanol–water partition coefficient (Wildman–Crippen LogP) is 1.59. The van der Waals surface area contributed by atoms with E-state index >= 15 is 0 Å². The Kier molecular flexibility index (Phi) is 6.09. The largest absolute Gasteiger partial charge is 0.334 e. The van der Waals surface area contributed by atoms with E-state index in [0.29, 0.717) is 23.3 Å². The molecule has 2 aromatic carbocycles. The minimum Gasteiger partial charge on any atom is -0.334 e. The van der Waals surface area contributed by atoms with Crippen LogP contribution in [0, 0.1) is 0 Å². The maximum absolute atomic E-state index is 12.7. The lowest BCUT2D eigenvalue weighted by molar-refractivity contribution is -0.131. The van der Waals surface area contributed by atoms with Crippen molar-refractivity contribution in [2.24, 2.45) is 0 Å². The van der Waals surface area contributed by atoms with E-state index in [-0.39, 0.29) is 29.5 Å². The molecule has 0 atom stereocenters. The highest BCUT2D eigenvalue weighted by Gasteiger charge is 2.25. The first-order valence-electron chi connectivity index (χ1n) is 9.10. The first-order valence-corrected chi connectivity index (χ1v) is 10.5. The second-order valence-electron chi connectivity index (χ2n) is 6.51. The molecule has 1 N–H and O–H groups in total. The van der Waals surface area contributed by atoms with Gasteiger partial charge in [0.25, 0.3) is 5.56 Å². The fraction of sp³-hybridized carbons (Fsp3) is 0.250. The van der Waals surface area contributed by atoms with Gasteiger partial charge in [0.15, 0.2) is 0 Å². The number of hydrogen-bond donors (Lipinski definition) is 1. The number of likely N-dealkylation sites (N-methyl/N-ethyl adjacent to an activating group) is 2.